The Morgan fingerprint density at radius 3 is 2.88 bits per heavy atom. The molecule has 1 unspecified atom stereocenters. The van der Waals surface area contributed by atoms with Gasteiger partial charge in [-0.2, -0.15) is 0 Å². The molecule has 6 heteroatoms. The normalized spacial score (nSPS) is 18.6. The Morgan fingerprint density at radius 2 is 2.17 bits per heavy atom. The molecule has 1 fully saturated rings. The topological polar surface area (TPSA) is 59.8 Å². The highest BCUT2D eigenvalue weighted by Crippen LogP contribution is 2.34. The Morgan fingerprint density at radius 1 is 1.33 bits per heavy atom. The molecule has 1 N–H and O–H groups in total. The second-order valence-electron chi connectivity index (χ2n) is 6.11. The molecule has 1 saturated heterocycles. The molecule has 0 saturated carbocycles. The van der Waals surface area contributed by atoms with Gasteiger partial charge in [-0.05, 0) is 32.0 Å². The molecule has 24 heavy (non-hydrogen) atoms. The van der Waals surface area contributed by atoms with Crippen molar-refractivity contribution in [1.29, 1.82) is 0 Å². The van der Waals surface area contributed by atoms with Crippen molar-refractivity contribution in [1.82, 2.24) is 15.2 Å². The minimum absolute atomic E-state index is 0.490. The lowest BCUT2D eigenvalue weighted by Gasteiger charge is -2.33. The van der Waals surface area contributed by atoms with E-state index in [4.69, 9.17) is 18.9 Å². The fourth-order valence-electron chi connectivity index (χ4n) is 2.98. The van der Waals surface area contributed by atoms with Gasteiger partial charge < -0.3 is 19.2 Å². The number of aryl methyl sites for hydroxylation is 1. The Hall–Kier alpha value is -2.05. The quantitative estimate of drug-likeness (QED) is 0.908. The molecule has 3 rings (SSSR count). The first-order valence-electron chi connectivity index (χ1n) is 8.26. The van der Waals surface area contributed by atoms with E-state index < -0.39 is 0 Å². The molecule has 2 heterocycles. The van der Waals surface area contributed by atoms with Gasteiger partial charge in [0.15, 0.2) is 0 Å². The summed E-state index contributed by atoms with van der Waals surface area (Å²) in [5.74, 6) is 2.89. The van der Waals surface area contributed by atoms with Crippen LogP contribution in [0.25, 0.3) is 11.5 Å². The summed E-state index contributed by atoms with van der Waals surface area (Å²) in [4.78, 5) is 7.15. The summed E-state index contributed by atoms with van der Waals surface area (Å²) in [5, 5.41) is 3.41. The van der Waals surface area contributed by atoms with E-state index in [9.17, 15) is 0 Å². The third-order valence-corrected chi connectivity index (χ3v) is 4.52. The van der Waals surface area contributed by atoms with Gasteiger partial charge in [0, 0.05) is 32.2 Å². The molecule has 2 aromatic rings. The zero-order valence-corrected chi connectivity index (χ0v) is 14.8. The Bertz CT molecular complexity index is 699. The molecule has 1 aliphatic rings. The van der Waals surface area contributed by atoms with Gasteiger partial charge in [-0.3, -0.25) is 4.90 Å². The highest BCUT2D eigenvalue weighted by molar-refractivity contribution is 5.65. The van der Waals surface area contributed by atoms with Crippen molar-refractivity contribution in [2.24, 2.45) is 0 Å². The molecule has 1 aromatic carbocycles. The first-order chi connectivity index (χ1) is 11.6. The molecule has 130 valence electrons. The van der Waals surface area contributed by atoms with Crippen molar-refractivity contribution in [2.45, 2.75) is 26.4 Å². The number of ether oxygens (including phenoxy) is 2. The maximum atomic E-state index is 5.93. The van der Waals surface area contributed by atoms with Crippen molar-refractivity contribution in [2.75, 3.05) is 33.9 Å². The number of nitrogens with zero attached hydrogens (tertiary/aromatic N) is 2. The van der Waals surface area contributed by atoms with Crippen LogP contribution in [0.2, 0.25) is 0 Å². The number of rotatable bonds is 5. The second kappa shape index (κ2) is 7.23. The summed E-state index contributed by atoms with van der Waals surface area (Å²) < 4.78 is 16.7. The van der Waals surface area contributed by atoms with Gasteiger partial charge in [-0.25, -0.2) is 4.98 Å². The first-order valence-corrected chi connectivity index (χ1v) is 8.26. The predicted octanol–water partition coefficient (Wildman–Crippen LogP) is 2.46. The van der Waals surface area contributed by atoms with Gasteiger partial charge in [-0.15, -0.1) is 0 Å². The third kappa shape index (κ3) is 3.39. The molecule has 0 amide bonds. The highest BCUT2D eigenvalue weighted by atomic mass is 16.5. The number of oxazole rings is 1. The summed E-state index contributed by atoms with van der Waals surface area (Å²) in [6.07, 6.45) is 0. The lowest BCUT2D eigenvalue weighted by Crippen LogP contribution is -2.49. The van der Waals surface area contributed by atoms with E-state index in [2.05, 4.69) is 17.1 Å². The lowest BCUT2D eigenvalue weighted by molar-refractivity contribution is 0.163. The van der Waals surface area contributed by atoms with E-state index in [0.29, 0.717) is 11.9 Å². The molecule has 1 atom stereocenters. The molecule has 0 bridgehead atoms. The van der Waals surface area contributed by atoms with Crippen LogP contribution in [-0.2, 0) is 6.54 Å². The fourth-order valence-corrected chi connectivity index (χ4v) is 2.98. The Kier molecular flexibility index (Phi) is 5.06. The number of hydrogen-bond acceptors (Lipinski definition) is 6. The molecule has 0 spiro atoms. The SMILES string of the molecule is COc1ccc(OC)c(-c2nc(CN3CCNCC3C)c(C)o2)c1. The number of benzene rings is 1. The van der Waals surface area contributed by atoms with Crippen LogP contribution in [0.3, 0.4) is 0 Å². The van der Waals surface area contributed by atoms with Crippen molar-refractivity contribution in [3.63, 3.8) is 0 Å². The molecule has 6 nitrogen and oxygen atoms in total. The number of methoxy groups -OCH3 is 2. The van der Waals surface area contributed by atoms with Crippen LogP contribution in [-0.4, -0.2) is 49.8 Å². The van der Waals surface area contributed by atoms with Gasteiger partial charge in [0.1, 0.15) is 17.3 Å². The van der Waals surface area contributed by atoms with Gasteiger partial charge >= 0.3 is 0 Å². The van der Waals surface area contributed by atoms with Gasteiger partial charge in [0.25, 0.3) is 0 Å². The molecule has 1 aromatic heterocycles. The van der Waals surface area contributed by atoms with E-state index in [-0.39, 0.29) is 0 Å². The third-order valence-electron chi connectivity index (χ3n) is 4.52. The highest BCUT2D eigenvalue weighted by Gasteiger charge is 2.22. The Labute approximate surface area is 142 Å². The van der Waals surface area contributed by atoms with E-state index in [1.807, 2.05) is 25.1 Å². The maximum Gasteiger partial charge on any atom is 0.230 e. The zero-order valence-electron chi connectivity index (χ0n) is 14.8. The van der Waals surface area contributed by atoms with Crippen molar-refractivity contribution < 1.29 is 13.9 Å². The van der Waals surface area contributed by atoms with Crippen LogP contribution < -0.4 is 14.8 Å². The summed E-state index contributed by atoms with van der Waals surface area (Å²) in [6.45, 7) is 8.03. The summed E-state index contributed by atoms with van der Waals surface area (Å²) in [6, 6.07) is 6.11. The van der Waals surface area contributed by atoms with Crippen LogP contribution in [0.5, 0.6) is 11.5 Å². The van der Waals surface area contributed by atoms with E-state index in [1.54, 1.807) is 14.2 Å². The molecule has 0 radical (unpaired) electrons. The number of piperazine rings is 1. The zero-order chi connectivity index (χ0) is 17.1. The maximum absolute atomic E-state index is 5.93. The van der Waals surface area contributed by atoms with E-state index >= 15 is 0 Å². The van der Waals surface area contributed by atoms with Crippen molar-refractivity contribution in [3.8, 4) is 23.0 Å². The standard InChI is InChI=1S/C18H25N3O3/c1-12-10-19-7-8-21(12)11-16-13(2)24-18(20-16)15-9-14(22-3)5-6-17(15)23-4/h5-6,9,12,19H,7-8,10-11H2,1-4H3. The molecule has 0 aliphatic carbocycles. The number of hydrogen-bond donors (Lipinski definition) is 1. The summed E-state index contributed by atoms with van der Waals surface area (Å²) in [7, 11) is 3.29. The molecular formula is C18H25N3O3. The fraction of sp³-hybridized carbons (Fsp3) is 0.500. The number of aromatic nitrogens is 1. The monoisotopic (exact) mass is 331 g/mol. The average molecular weight is 331 g/mol. The first kappa shape index (κ1) is 16.8. The van der Waals surface area contributed by atoms with Gasteiger partial charge in [0.2, 0.25) is 5.89 Å². The van der Waals surface area contributed by atoms with E-state index in [1.165, 1.54) is 0 Å². The smallest absolute Gasteiger partial charge is 0.230 e. The van der Waals surface area contributed by atoms with E-state index in [0.717, 1.165) is 54.7 Å². The van der Waals surface area contributed by atoms with Crippen LogP contribution in [0.1, 0.15) is 18.4 Å². The minimum atomic E-state index is 0.490. The second-order valence-corrected chi connectivity index (χ2v) is 6.11. The molecule has 1 aliphatic heterocycles. The van der Waals surface area contributed by atoms with Gasteiger partial charge in [-0.1, -0.05) is 0 Å². The van der Waals surface area contributed by atoms with Gasteiger partial charge in [0.05, 0.1) is 25.5 Å². The average Bonchev–Trinajstić information content (AvgIpc) is 2.97. The van der Waals surface area contributed by atoms with Crippen LogP contribution >= 0.6 is 0 Å². The molecular weight excluding hydrogens is 306 g/mol. The van der Waals surface area contributed by atoms with Crippen LogP contribution in [0.4, 0.5) is 0 Å². The van der Waals surface area contributed by atoms with Crippen LogP contribution in [0, 0.1) is 6.92 Å². The Balaban J connectivity index is 1.88. The largest absolute Gasteiger partial charge is 0.497 e. The minimum Gasteiger partial charge on any atom is -0.497 e. The predicted molar refractivity (Wildman–Crippen MR) is 92.5 cm³/mol. The summed E-state index contributed by atoms with van der Waals surface area (Å²) in [5.41, 5.74) is 1.78. The number of nitrogens with one attached hydrogen (secondary N) is 1. The van der Waals surface area contributed by atoms with Crippen molar-refractivity contribution in [3.05, 3.63) is 29.7 Å². The van der Waals surface area contributed by atoms with Crippen LogP contribution in [0.15, 0.2) is 22.6 Å². The lowest BCUT2D eigenvalue weighted by atomic mass is 10.2. The van der Waals surface area contributed by atoms with Crippen molar-refractivity contribution >= 4 is 0 Å². The summed E-state index contributed by atoms with van der Waals surface area (Å²) >= 11 is 0.